The zero-order chi connectivity index (χ0) is 15.4. The molecule has 0 aliphatic heterocycles. The number of benzene rings is 1. The molecule has 1 aliphatic rings. The maximum atomic E-state index is 11.6. The van der Waals surface area contributed by atoms with Crippen LogP contribution in [-0.2, 0) is 16.1 Å². The second-order valence-corrected chi connectivity index (χ2v) is 6.40. The largest absolute Gasteiger partial charge is 1.00 e. The number of carbonyl (C=O) groups excluding carboxylic acids is 1. The standard InChI is InChI=1S/C15H19BrN2O3.HI/c1-10(15(19)21-2)8-18(13-4-5-13)9-11-7-12(16)3-6-14(11)17-20;/h3,6-7,10,13H,4-5,8-9H2,1-2H3;1H. The van der Waals surface area contributed by atoms with Gasteiger partial charge in [-0.25, -0.2) is 0 Å². The molecule has 0 amide bonds. The Labute approximate surface area is 155 Å². The third-order valence-corrected chi connectivity index (χ3v) is 4.22. The summed E-state index contributed by atoms with van der Waals surface area (Å²) >= 11 is 3.43. The molecule has 22 heavy (non-hydrogen) atoms. The molecule has 0 aromatic heterocycles. The number of esters is 1. The fourth-order valence-corrected chi connectivity index (χ4v) is 2.83. The van der Waals surface area contributed by atoms with E-state index in [-0.39, 0.29) is 35.9 Å². The predicted molar refractivity (Wildman–Crippen MR) is 82.7 cm³/mol. The van der Waals surface area contributed by atoms with E-state index < -0.39 is 0 Å². The van der Waals surface area contributed by atoms with Gasteiger partial charge in [0, 0.05) is 45.3 Å². The van der Waals surface area contributed by atoms with Crippen molar-refractivity contribution in [2.45, 2.75) is 32.4 Å². The lowest BCUT2D eigenvalue weighted by molar-refractivity contribution is -0.380. The van der Waals surface area contributed by atoms with E-state index in [1.807, 2.05) is 24.2 Å². The molecule has 1 fully saturated rings. The van der Waals surface area contributed by atoms with Gasteiger partial charge in [-0.3, -0.25) is 9.69 Å². The minimum atomic E-state index is -0.197. The van der Waals surface area contributed by atoms with Crippen LogP contribution in [0.2, 0.25) is 0 Å². The highest BCUT2D eigenvalue weighted by Gasteiger charge is 2.32. The summed E-state index contributed by atoms with van der Waals surface area (Å²) in [4.78, 5) is 24.9. The molecule has 5 nitrogen and oxygen atoms in total. The predicted octanol–water partition coefficient (Wildman–Crippen LogP) is -1.29. The fraction of sp³-hybridized carbons (Fsp3) is 0.533. The molecule has 1 N–H and O–H groups in total. The van der Waals surface area contributed by atoms with Crippen LogP contribution in [0.5, 0.6) is 0 Å². The average Bonchev–Trinajstić information content (AvgIpc) is 3.30. The average molecular weight is 483 g/mol. The van der Waals surface area contributed by atoms with Crippen LogP contribution in [0.25, 0.3) is 0 Å². The quantitative estimate of drug-likeness (QED) is 0.388. The third-order valence-electron chi connectivity index (χ3n) is 3.73. The van der Waals surface area contributed by atoms with Gasteiger partial charge < -0.3 is 28.7 Å². The van der Waals surface area contributed by atoms with E-state index in [1.54, 1.807) is 6.07 Å². The smallest absolute Gasteiger partial charge is 0.309 e. The second-order valence-electron chi connectivity index (χ2n) is 5.49. The van der Waals surface area contributed by atoms with Gasteiger partial charge in [-0.15, -0.1) is 0 Å². The molecular weight excluding hydrogens is 463 g/mol. The van der Waals surface area contributed by atoms with Crippen molar-refractivity contribution in [1.29, 1.82) is 0 Å². The van der Waals surface area contributed by atoms with Crippen molar-refractivity contribution in [3.8, 4) is 0 Å². The van der Waals surface area contributed by atoms with Gasteiger partial charge in [0.1, 0.15) is 0 Å². The molecule has 0 heterocycles. The monoisotopic (exact) mass is 482 g/mol. The summed E-state index contributed by atoms with van der Waals surface area (Å²) in [5, 5.41) is 1.99. The fourth-order valence-electron chi connectivity index (χ4n) is 2.42. The molecule has 1 atom stereocenters. The molecule has 1 saturated carbocycles. The molecule has 1 unspecified atom stereocenters. The molecule has 0 saturated heterocycles. The van der Waals surface area contributed by atoms with Crippen molar-refractivity contribution in [3.63, 3.8) is 0 Å². The van der Waals surface area contributed by atoms with Gasteiger partial charge in [0.25, 0.3) is 5.69 Å². The normalized spacial score (nSPS) is 15.1. The number of nitroso groups, excluding NO2 is 1. The molecule has 0 radical (unpaired) electrons. The number of methoxy groups -OCH3 is 1. The number of rotatable bonds is 7. The Morgan fingerprint density at radius 2 is 2.18 bits per heavy atom. The second kappa shape index (κ2) is 8.93. The number of hydrogen-bond acceptors (Lipinski definition) is 4. The van der Waals surface area contributed by atoms with E-state index in [0.29, 0.717) is 24.8 Å². The minimum absolute atomic E-state index is 0. The van der Waals surface area contributed by atoms with E-state index in [1.165, 1.54) is 7.11 Å². The summed E-state index contributed by atoms with van der Waals surface area (Å²) in [5.74, 6) is -0.372. The van der Waals surface area contributed by atoms with Crippen LogP contribution in [0, 0.1) is 10.8 Å². The van der Waals surface area contributed by atoms with E-state index >= 15 is 0 Å². The van der Waals surface area contributed by atoms with E-state index in [4.69, 9.17) is 4.74 Å². The third kappa shape index (κ3) is 5.27. The van der Waals surface area contributed by atoms with Crippen LogP contribution in [0.1, 0.15) is 25.3 Å². The van der Waals surface area contributed by atoms with Crippen molar-refractivity contribution in [1.82, 2.24) is 4.90 Å². The first-order chi connectivity index (χ1) is 10.0. The zero-order valence-electron chi connectivity index (χ0n) is 12.6. The molecule has 7 heteroatoms. The highest BCUT2D eigenvalue weighted by atomic mass is 127. The van der Waals surface area contributed by atoms with Crippen molar-refractivity contribution in [3.05, 3.63) is 33.1 Å². The molecule has 2 rings (SSSR count). The Morgan fingerprint density at radius 1 is 1.50 bits per heavy atom. The Bertz CT molecular complexity index is 538. The van der Waals surface area contributed by atoms with E-state index in [9.17, 15) is 9.70 Å². The van der Waals surface area contributed by atoms with Gasteiger partial charge >= 0.3 is 5.97 Å². The number of ether oxygens (including phenoxy) is 1. The summed E-state index contributed by atoms with van der Waals surface area (Å²) in [6.07, 6.45) is 2.28. The van der Waals surface area contributed by atoms with Crippen LogP contribution < -0.4 is 29.2 Å². The van der Waals surface area contributed by atoms with Gasteiger partial charge in [0.15, 0.2) is 0 Å². The first-order valence-electron chi connectivity index (χ1n) is 7.03. The molecule has 122 valence electrons. The lowest BCUT2D eigenvalue weighted by atomic mass is 10.1. The van der Waals surface area contributed by atoms with Crippen molar-refractivity contribution >= 4 is 27.6 Å². The Hall–Kier alpha value is -0.540. The number of hydrogen-bond donors (Lipinski definition) is 1. The molecule has 1 aromatic carbocycles. The summed E-state index contributed by atoms with van der Waals surface area (Å²) in [6, 6.07) is 6.04. The maximum absolute atomic E-state index is 11.6. The van der Waals surface area contributed by atoms with Gasteiger partial charge in [0.05, 0.1) is 13.0 Å². The van der Waals surface area contributed by atoms with Crippen LogP contribution in [-0.4, -0.2) is 30.6 Å². The molecule has 0 bridgehead atoms. The van der Waals surface area contributed by atoms with Gasteiger partial charge in [-0.05, 0) is 25.0 Å². The summed E-state index contributed by atoms with van der Waals surface area (Å²) in [6.45, 7) is 3.16. The first-order valence-corrected chi connectivity index (χ1v) is 7.83. The van der Waals surface area contributed by atoms with E-state index in [0.717, 1.165) is 22.9 Å². The summed E-state index contributed by atoms with van der Waals surface area (Å²) < 4.78 is 5.73. The zero-order valence-corrected chi connectivity index (χ0v) is 16.4. The number of carbonyl (C=O) groups is 1. The first kappa shape index (κ1) is 19.5. The SMILES string of the molecule is COC(=O)C(C)CN(Cc1cc(Br)ccc1[NH+]=O)C1CC1.[I-]. The van der Waals surface area contributed by atoms with Gasteiger partial charge in [0.2, 0.25) is 0 Å². The summed E-state index contributed by atoms with van der Waals surface area (Å²) in [7, 11) is 1.41. The van der Waals surface area contributed by atoms with Crippen LogP contribution in [0.15, 0.2) is 22.7 Å². The number of nitrogens with one attached hydrogen (secondary N) is 1. The highest BCUT2D eigenvalue weighted by molar-refractivity contribution is 9.10. The lowest BCUT2D eigenvalue weighted by Gasteiger charge is -2.24. The number of nitrogens with zero attached hydrogens (tertiary/aromatic N) is 1. The van der Waals surface area contributed by atoms with Gasteiger partial charge in [-0.1, -0.05) is 22.9 Å². The summed E-state index contributed by atoms with van der Waals surface area (Å²) in [5.41, 5.74) is 1.51. The lowest BCUT2D eigenvalue weighted by Crippen LogP contribution is -3.00. The van der Waals surface area contributed by atoms with E-state index in [2.05, 4.69) is 20.8 Å². The maximum Gasteiger partial charge on any atom is 0.309 e. The Morgan fingerprint density at radius 3 is 2.73 bits per heavy atom. The Kier molecular flexibility index (Phi) is 7.92. The van der Waals surface area contributed by atoms with Crippen molar-refractivity contribution in [2.24, 2.45) is 5.92 Å². The highest BCUT2D eigenvalue weighted by Crippen LogP contribution is 2.30. The van der Waals surface area contributed by atoms with Crippen molar-refractivity contribution < 1.29 is 38.7 Å². The van der Waals surface area contributed by atoms with Gasteiger partial charge in [-0.2, -0.15) is 0 Å². The van der Waals surface area contributed by atoms with Crippen LogP contribution in [0.3, 0.4) is 0 Å². The number of halogens is 2. The van der Waals surface area contributed by atoms with Crippen molar-refractivity contribution in [2.75, 3.05) is 13.7 Å². The molecule has 1 aromatic rings. The Balaban J connectivity index is 0.00000242. The molecule has 0 spiro atoms. The van der Waals surface area contributed by atoms with Crippen LogP contribution in [0.4, 0.5) is 5.69 Å². The van der Waals surface area contributed by atoms with Crippen LogP contribution >= 0.6 is 15.9 Å². The molecular formula is C15H20BrIN2O3. The topological polar surface area (TPSA) is 60.6 Å². The minimum Gasteiger partial charge on any atom is -1.00 e. The molecule has 1 aliphatic carbocycles.